The van der Waals surface area contributed by atoms with Gasteiger partial charge in [0.25, 0.3) is 5.91 Å². The van der Waals surface area contributed by atoms with Gasteiger partial charge in [0.2, 0.25) is 0 Å². The van der Waals surface area contributed by atoms with Gasteiger partial charge in [-0.25, -0.2) is 0 Å². The van der Waals surface area contributed by atoms with Crippen molar-refractivity contribution < 1.29 is 4.79 Å². The molecule has 2 rings (SSSR count). The van der Waals surface area contributed by atoms with Gasteiger partial charge in [0.05, 0.1) is 28.6 Å². The first-order valence-corrected chi connectivity index (χ1v) is 6.18. The number of carbonyl (C=O) groups is 1. The van der Waals surface area contributed by atoms with E-state index in [1.165, 1.54) is 0 Å². The Morgan fingerprint density at radius 1 is 1.30 bits per heavy atom. The highest BCUT2D eigenvalue weighted by Gasteiger charge is 2.10. The summed E-state index contributed by atoms with van der Waals surface area (Å²) in [6, 6.07) is 10.9. The summed E-state index contributed by atoms with van der Waals surface area (Å²) in [5.41, 5.74) is 3.28. The first-order valence-electron chi connectivity index (χ1n) is 6.18. The van der Waals surface area contributed by atoms with Gasteiger partial charge in [-0.1, -0.05) is 12.1 Å². The fraction of sp³-hybridized carbons (Fsp3) is 0.200. The molecule has 0 spiro atoms. The van der Waals surface area contributed by atoms with Gasteiger partial charge in [0, 0.05) is 6.54 Å². The molecule has 0 fully saturated rings. The molecule has 0 aliphatic carbocycles. The maximum atomic E-state index is 12.1. The molecule has 0 radical (unpaired) electrons. The lowest BCUT2D eigenvalue weighted by Gasteiger charge is -2.07. The standard InChI is InChI=1S/C15H14N4O/c1-10-6-14(11(2)19-18-10)15(20)17-9-13-5-3-4-12(7-13)8-16/h3-7H,9H2,1-2H3,(H,17,20). The van der Waals surface area contributed by atoms with Crippen LogP contribution in [0.5, 0.6) is 0 Å². The van der Waals surface area contributed by atoms with Crippen LogP contribution in [0.25, 0.3) is 0 Å². The van der Waals surface area contributed by atoms with Crippen LogP contribution >= 0.6 is 0 Å². The van der Waals surface area contributed by atoms with Gasteiger partial charge in [0.1, 0.15) is 0 Å². The zero-order valence-electron chi connectivity index (χ0n) is 11.3. The molecule has 0 saturated heterocycles. The van der Waals surface area contributed by atoms with Gasteiger partial charge in [-0.3, -0.25) is 4.79 Å². The smallest absolute Gasteiger partial charge is 0.253 e. The van der Waals surface area contributed by atoms with Gasteiger partial charge < -0.3 is 5.32 Å². The molecule has 0 unspecified atom stereocenters. The molecule has 20 heavy (non-hydrogen) atoms. The topological polar surface area (TPSA) is 78.7 Å². The molecule has 0 aliphatic heterocycles. The third kappa shape index (κ3) is 3.18. The minimum atomic E-state index is -0.192. The van der Waals surface area contributed by atoms with Crippen molar-refractivity contribution >= 4 is 5.91 Å². The molecular formula is C15H14N4O. The predicted molar refractivity (Wildman–Crippen MR) is 73.8 cm³/mol. The van der Waals surface area contributed by atoms with Crippen molar-refractivity contribution in [2.24, 2.45) is 0 Å². The van der Waals surface area contributed by atoms with Crippen molar-refractivity contribution in [2.45, 2.75) is 20.4 Å². The minimum Gasteiger partial charge on any atom is -0.348 e. The molecule has 0 atom stereocenters. The molecule has 100 valence electrons. The second-order valence-corrected chi connectivity index (χ2v) is 4.48. The Hall–Kier alpha value is -2.74. The molecule has 0 saturated carbocycles. The Labute approximate surface area is 117 Å². The highest BCUT2D eigenvalue weighted by molar-refractivity contribution is 5.95. The van der Waals surface area contributed by atoms with Crippen LogP contribution in [0.3, 0.4) is 0 Å². The molecule has 5 nitrogen and oxygen atoms in total. The Morgan fingerprint density at radius 2 is 2.10 bits per heavy atom. The summed E-state index contributed by atoms with van der Waals surface area (Å²) in [6.45, 7) is 3.91. The average molecular weight is 266 g/mol. The van der Waals surface area contributed by atoms with Crippen molar-refractivity contribution in [3.63, 3.8) is 0 Å². The molecular weight excluding hydrogens is 252 g/mol. The van der Waals surface area contributed by atoms with Crippen LogP contribution in [-0.4, -0.2) is 16.1 Å². The van der Waals surface area contributed by atoms with Crippen LogP contribution in [0.2, 0.25) is 0 Å². The number of hydrogen-bond donors (Lipinski definition) is 1. The van der Waals surface area contributed by atoms with Crippen LogP contribution in [0.4, 0.5) is 0 Å². The third-order valence-electron chi connectivity index (χ3n) is 2.85. The lowest BCUT2D eigenvalue weighted by Crippen LogP contribution is -2.24. The van der Waals surface area contributed by atoms with Crippen molar-refractivity contribution in [3.05, 3.63) is 58.4 Å². The lowest BCUT2D eigenvalue weighted by molar-refractivity contribution is 0.0949. The molecule has 1 aromatic heterocycles. The predicted octanol–water partition coefficient (Wildman–Crippen LogP) is 1.90. The number of rotatable bonds is 3. The monoisotopic (exact) mass is 266 g/mol. The van der Waals surface area contributed by atoms with Gasteiger partial charge in [0.15, 0.2) is 0 Å². The van der Waals surface area contributed by atoms with E-state index in [2.05, 4.69) is 21.6 Å². The third-order valence-corrected chi connectivity index (χ3v) is 2.85. The maximum absolute atomic E-state index is 12.1. The summed E-state index contributed by atoms with van der Waals surface area (Å²) in [4.78, 5) is 12.1. The number of nitrogens with zero attached hydrogens (tertiary/aromatic N) is 3. The molecule has 2 aromatic rings. The van der Waals surface area contributed by atoms with Crippen LogP contribution in [0, 0.1) is 25.2 Å². The van der Waals surface area contributed by atoms with E-state index in [0.29, 0.717) is 29.1 Å². The lowest BCUT2D eigenvalue weighted by atomic mass is 10.1. The number of aryl methyl sites for hydroxylation is 2. The SMILES string of the molecule is Cc1cc(C(=O)NCc2cccc(C#N)c2)c(C)nn1. The largest absolute Gasteiger partial charge is 0.348 e. The molecule has 0 aliphatic rings. The normalized spacial score (nSPS) is 9.85. The zero-order chi connectivity index (χ0) is 14.5. The first-order chi connectivity index (χ1) is 9.60. The molecule has 1 N–H and O–H groups in total. The molecule has 1 amide bonds. The number of benzene rings is 1. The second kappa shape index (κ2) is 5.93. The Balaban J connectivity index is 2.09. The van der Waals surface area contributed by atoms with Crippen LogP contribution in [0.1, 0.15) is 32.9 Å². The van der Waals surface area contributed by atoms with Gasteiger partial charge in [-0.2, -0.15) is 15.5 Å². The van der Waals surface area contributed by atoms with E-state index in [4.69, 9.17) is 5.26 Å². The van der Waals surface area contributed by atoms with Crippen LogP contribution < -0.4 is 5.32 Å². The fourth-order valence-corrected chi connectivity index (χ4v) is 1.81. The Morgan fingerprint density at radius 3 is 2.85 bits per heavy atom. The average Bonchev–Trinajstić information content (AvgIpc) is 2.47. The molecule has 0 bridgehead atoms. The van der Waals surface area contributed by atoms with E-state index in [1.807, 2.05) is 6.07 Å². The molecule has 5 heteroatoms. The molecule has 1 aromatic carbocycles. The van der Waals surface area contributed by atoms with Crippen LogP contribution in [0.15, 0.2) is 30.3 Å². The maximum Gasteiger partial charge on any atom is 0.253 e. The van der Waals surface area contributed by atoms with Crippen molar-refractivity contribution in [1.29, 1.82) is 5.26 Å². The number of amides is 1. The van der Waals surface area contributed by atoms with Crippen molar-refractivity contribution in [2.75, 3.05) is 0 Å². The zero-order valence-corrected chi connectivity index (χ0v) is 11.3. The number of nitrogens with one attached hydrogen (secondary N) is 1. The summed E-state index contributed by atoms with van der Waals surface area (Å²) in [7, 11) is 0. The van der Waals surface area contributed by atoms with Crippen molar-refractivity contribution in [1.82, 2.24) is 15.5 Å². The summed E-state index contributed by atoms with van der Waals surface area (Å²) in [5, 5.41) is 19.5. The van der Waals surface area contributed by atoms with E-state index in [1.54, 1.807) is 38.1 Å². The van der Waals surface area contributed by atoms with E-state index in [0.717, 1.165) is 5.56 Å². The van der Waals surface area contributed by atoms with Gasteiger partial charge >= 0.3 is 0 Å². The number of hydrogen-bond acceptors (Lipinski definition) is 4. The quantitative estimate of drug-likeness (QED) is 0.920. The number of carbonyl (C=O) groups excluding carboxylic acids is 1. The molecule has 1 heterocycles. The van der Waals surface area contributed by atoms with Gasteiger partial charge in [-0.05, 0) is 37.6 Å². The highest BCUT2D eigenvalue weighted by Crippen LogP contribution is 2.07. The Kier molecular flexibility index (Phi) is 4.06. The summed E-state index contributed by atoms with van der Waals surface area (Å²) in [6.07, 6.45) is 0. The van der Waals surface area contributed by atoms with Crippen molar-refractivity contribution in [3.8, 4) is 6.07 Å². The fourth-order valence-electron chi connectivity index (χ4n) is 1.81. The minimum absolute atomic E-state index is 0.192. The van der Waals surface area contributed by atoms with Gasteiger partial charge in [-0.15, -0.1) is 0 Å². The Bertz CT molecular complexity index is 689. The summed E-state index contributed by atoms with van der Waals surface area (Å²) < 4.78 is 0. The van der Waals surface area contributed by atoms with E-state index < -0.39 is 0 Å². The van der Waals surface area contributed by atoms with Crippen LogP contribution in [-0.2, 0) is 6.54 Å². The van der Waals surface area contributed by atoms with E-state index >= 15 is 0 Å². The second-order valence-electron chi connectivity index (χ2n) is 4.48. The summed E-state index contributed by atoms with van der Waals surface area (Å²) in [5.74, 6) is -0.192. The first kappa shape index (κ1) is 13.7. The highest BCUT2D eigenvalue weighted by atomic mass is 16.1. The van der Waals surface area contributed by atoms with E-state index in [-0.39, 0.29) is 5.91 Å². The van der Waals surface area contributed by atoms with E-state index in [9.17, 15) is 4.79 Å². The summed E-state index contributed by atoms with van der Waals surface area (Å²) >= 11 is 0. The number of nitriles is 1. The number of aromatic nitrogens is 2.